The lowest BCUT2D eigenvalue weighted by atomic mass is 10.1. The third-order valence-corrected chi connectivity index (χ3v) is 3.89. The van der Waals surface area contributed by atoms with Crippen molar-refractivity contribution in [1.82, 2.24) is 20.3 Å². The molecule has 1 N–H and O–H groups in total. The summed E-state index contributed by atoms with van der Waals surface area (Å²) >= 11 is 1.37. The lowest BCUT2D eigenvalue weighted by Crippen LogP contribution is -2.11. The topological polar surface area (TPSA) is 93.8 Å². The van der Waals surface area contributed by atoms with E-state index in [-0.39, 0.29) is 5.91 Å². The van der Waals surface area contributed by atoms with Gasteiger partial charge in [0, 0.05) is 11.1 Å². The van der Waals surface area contributed by atoms with E-state index >= 15 is 0 Å². The molecule has 0 bridgehead atoms. The molecule has 3 aromatic rings. The second kappa shape index (κ2) is 6.02. The number of carbonyl (C=O) groups excluding carboxylic acids is 1. The van der Waals surface area contributed by atoms with Gasteiger partial charge in [-0.05, 0) is 37.6 Å². The fourth-order valence-corrected chi connectivity index (χ4v) is 2.47. The van der Waals surface area contributed by atoms with Gasteiger partial charge < -0.3 is 4.52 Å². The number of rotatable bonds is 4. The first-order valence-electron chi connectivity index (χ1n) is 6.70. The van der Waals surface area contributed by atoms with Crippen molar-refractivity contribution < 1.29 is 9.32 Å². The number of nitrogens with one attached hydrogen (secondary N) is 1. The maximum Gasteiger partial charge on any atom is 0.257 e. The number of benzene rings is 1. The number of aryl methyl sites for hydroxylation is 2. The van der Waals surface area contributed by atoms with Crippen molar-refractivity contribution in [1.29, 1.82) is 0 Å². The lowest BCUT2D eigenvalue weighted by Gasteiger charge is -2.01. The average molecular weight is 315 g/mol. The number of anilines is 1. The van der Waals surface area contributed by atoms with Crippen LogP contribution in [-0.2, 0) is 6.42 Å². The first-order valence-corrected chi connectivity index (χ1v) is 7.52. The molecule has 112 valence electrons. The molecule has 2 heterocycles. The van der Waals surface area contributed by atoms with Crippen molar-refractivity contribution in [2.24, 2.45) is 0 Å². The average Bonchev–Trinajstić information content (AvgIpc) is 3.16. The summed E-state index contributed by atoms with van der Waals surface area (Å²) in [6, 6.07) is 6.93. The molecule has 0 aliphatic carbocycles. The molecule has 0 saturated carbocycles. The summed E-state index contributed by atoms with van der Waals surface area (Å²) in [6.07, 6.45) is 0.797. The highest BCUT2D eigenvalue weighted by Gasteiger charge is 2.11. The minimum Gasteiger partial charge on any atom is -0.334 e. The van der Waals surface area contributed by atoms with Gasteiger partial charge in [0.1, 0.15) is 5.01 Å². The van der Waals surface area contributed by atoms with Crippen LogP contribution in [0.15, 0.2) is 28.8 Å². The molecule has 22 heavy (non-hydrogen) atoms. The lowest BCUT2D eigenvalue weighted by molar-refractivity contribution is 0.102. The van der Waals surface area contributed by atoms with Gasteiger partial charge in [-0.2, -0.15) is 4.98 Å². The first kappa shape index (κ1) is 14.3. The smallest absolute Gasteiger partial charge is 0.257 e. The van der Waals surface area contributed by atoms with Gasteiger partial charge in [0.05, 0.1) is 0 Å². The van der Waals surface area contributed by atoms with Crippen LogP contribution >= 0.6 is 11.3 Å². The number of hydrogen-bond acceptors (Lipinski definition) is 7. The maximum atomic E-state index is 12.1. The molecule has 7 nitrogen and oxygen atoms in total. The third-order valence-electron chi connectivity index (χ3n) is 2.91. The predicted octanol–water partition coefficient (Wildman–Crippen LogP) is 2.71. The Morgan fingerprint density at radius 2 is 2.05 bits per heavy atom. The third kappa shape index (κ3) is 3.01. The van der Waals surface area contributed by atoms with E-state index in [1.807, 2.05) is 6.92 Å². The minimum absolute atomic E-state index is 0.230. The van der Waals surface area contributed by atoms with E-state index in [9.17, 15) is 4.79 Å². The minimum atomic E-state index is -0.230. The van der Waals surface area contributed by atoms with Gasteiger partial charge in [0.2, 0.25) is 5.13 Å². The number of aromatic nitrogens is 4. The van der Waals surface area contributed by atoms with E-state index in [4.69, 9.17) is 4.52 Å². The molecule has 0 fully saturated rings. The van der Waals surface area contributed by atoms with E-state index in [0.717, 1.165) is 17.0 Å². The summed E-state index contributed by atoms with van der Waals surface area (Å²) in [6.45, 7) is 3.74. The van der Waals surface area contributed by atoms with Crippen LogP contribution in [0, 0.1) is 6.92 Å². The Bertz CT molecular complexity index is 794. The van der Waals surface area contributed by atoms with E-state index in [0.29, 0.717) is 22.4 Å². The molecule has 3 rings (SSSR count). The van der Waals surface area contributed by atoms with E-state index in [2.05, 4.69) is 25.7 Å². The Morgan fingerprint density at radius 3 is 2.64 bits per heavy atom. The van der Waals surface area contributed by atoms with Crippen LogP contribution in [0.3, 0.4) is 0 Å². The standard InChI is InChI=1S/C14H13N5O2S/c1-3-11-17-18-14(22-11)16-12(20)9-4-6-10(7-5-9)13-15-8(2)19-21-13/h4-7H,3H2,1-2H3,(H,16,18,20). The van der Waals surface area contributed by atoms with Crippen molar-refractivity contribution in [3.05, 3.63) is 40.7 Å². The molecule has 0 aliphatic heterocycles. The largest absolute Gasteiger partial charge is 0.334 e. The zero-order valence-corrected chi connectivity index (χ0v) is 12.8. The fraction of sp³-hybridized carbons (Fsp3) is 0.214. The van der Waals surface area contributed by atoms with Crippen LogP contribution < -0.4 is 5.32 Å². The normalized spacial score (nSPS) is 10.6. The Labute approximate surface area is 130 Å². The van der Waals surface area contributed by atoms with E-state index < -0.39 is 0 Å². The van der Waals surface area contributed by atoms with Crippen molar-refractivity contribution in [2.75, 3.05) is 5.32 Å². The van der Waals surface area contributed by atoms with E-state index in [1.54, 1.807) is 31.2 Å². The summed E-state index contributed by atoms with van der Waals surface area (Å²) in [5.74, 6) is 0.771. The molecule has 0 spiro atoms. The fourth-order valence-electron chi connectivity index (χ4n) is 1.79. The Kier molecular flexibility index (Phi) is 3.92. The van der Waals surface area contributed by atoms with E-state index in [1.165, 1.54) is 11.3 Å². The second-order valence-electron chi connectivity index (χ2n) is 4.53. The Morgan fingerprint density at radius 1 is 1.27 bits per heavy atom. The number of nitrogens with zero attached hydrogens (tertiary/aromatic N) is 4. The highest BCUT2D eigenvalue weighted by atomic mass is 32.1. The zero-order valence-electron chi connectivity index (χ0n) is 12.0. The van der Waals surface area contributed by atoms with Gasteiger partial charge in [-0.25, -0.2) is 0 Å². The van der Waals surface area contributed by atoms with Gasteiger partial charge in [0.25, 0.3) is 11.8 Å². The van der Waals surface area contributed by atoms with Crippen LogP contribution in [0.5, 0.6) is 0 Å². The van der Waals surface area contributed by atoms with Gasteiger partial charge in [-0.15, -0.1) is 10.2 Å². The van der Waals surface area contributed by atoms with Crippen molar-refractivity contribution in [3.8, 4) is 11.5 Å². The highest BCUT2D eigenvalue weighted by Crippen LogP contribution is 2.19. The highest BCUT2D eigenvalue weighted by molar-refractivity contribution is 7.15. The van der Waals surface area contributed by atoms with Crippen molar-refractivity contribution in [3.63, 3.8) is 0 Å². The molecule has 0 radical (unpaired) electrons. The molecule has 0 atom stereocenters. The first-order chi connectivity index (χ1) is 10.7. The molecule has 0 aliphatic rings. The molecule has 0 saturated heterocycles. The summed E-state index contributed by atoms with van der Waals surface area (Å²) < 4.78 is 5.08. The molecule has 1 aromatic carbocycles. The van der Waals surface area contributed by atoms with Gasteiger partial charge in [-0.1, -0.05) is 23.4 Å². The predicted molar refractivity (Wildman–Crippen MR) is 81.7 cm³/mol. The van der Waals surface area contributed by atoms with Gasteiger partial charge in [-0.3, -0.25) is 10.1 Å². The number of carbonyl (C=O) groups is 1. The maximum absolute atomic E-state index is 12.1. The Hall–Kier alpha value is -2.61. The summed E-state index contributed by atoms with van der Waals surface area (Å²) in [5.41, 5.74) is 1.29. The molecular weight excluding hydrogens is 302 g/mol. The molecule has 0 unspecified atom stereocenters. The van der Waals surface area contributed by atoms with Crippen LogP contribution in [0.1, 0.15) is 28.1 Å². The number of amides is 1. The van der Waals surface area contributed by atoms with Crippen LogP contribution in [0.25, 0.3) is 11.5 Å². The molecule has 2 aromatic heterocycles. The summed E-state index contributed by atoms with van der Waals surface area (Å²) in [5, 5.41) is 15.7. The van der Waals surface area contributed by atoms with Crippen molar-refractivity contribution in [2.45, 2.75) is 20.3 Å². The van der Waals surface area contributed by atoms with Gasteiger partial charge in [0.15, 0.2) is 5.82 Å². The summed E-state index contributed by atoms with van der Waals surface area (Å²) in [4.78, 5) is 16.3. The van der Waals surface area contributed by atoms with Gasteiger partial charge >= 0.3 is 0 Å². The van der Waals surface area contributed by atoms with Crippen molar-refractivity contribution >= 4 is 22.4 Å². The molecular formula is C14H13N5O2S. The summed E-state index contributed by atoms with van der Waals surface area (Å²) in [7, 11) is 0. The number of hydrogen-bond donors (Lipinski definition) is 1. The van der Waals surface area contributed by atoms with Crippen LogP contribution in [0.2, 0.25) is 0 Å². The SMILES string of the molecule is CCc1nnc(NC(=O)c2ccc(-c3nc(C)no3)cc2)s1. The molecule has 1 amide bonds. The second-order valence-corrected chi connectivity index (χ2v) is 5.59. The van der Waals surface area contributed by atoms with Crippen LogP contribution in [-0.4, -0.2) is 26.2 Å². The quantitative estimate of drug-likeness (QED) is 0.795. The van der Waals surface area contributed by atoms with Crippen LogP contribution in [0.4, 0.5) is 5.13 Å². The monoisotopic (exact) mass is 315 g/mol. The molecule has 8 heteroatoms. The zero-order chi connectivity index (χ0) is 15.5. The Balaban J connectivity index is 1.73.